The van der Waals surface area contributed by atoms with Gasteiger partial charge in [0.05, 0.1) is 11.6 Å². The van der Waals surface area contributed by atoms with Crippen molar-refractivity contribution >= 4 is 12.0 Å². The molecule has 37 heavy (non-hydrogen) atoms. The quantitative estimate of drug-likeness (QED) is 0.659. The number of piperidine rings is 1. The van der Waals surface area contributed by atoms with Crippen molar-refractivity contribution in [2.24, 2.45) is 17.8 Å². The zero-order chi connectivity index (χ0) is 27.1. The number of carbonyl (C=O) groups is 2. The summed E-state index contributed by atoms with van der Waals surface area (Å²) in [5.74, 6) is -3.74. The number of amides is 2. The molecular weight excluding hydrogens is 480 g/mol. The molecule has 2 aliphatic rings. The summed E-state index contributed by atoms with van der Waals surface area (Å²) in [5, 5.41) is 11.6. The Morgan fingerprint density at radius 1 is 1.03 bits per heavy atom. The maximum Gasteiger partial charge on any atom is 0.410 e. The van der Waals surface area contributed by atoms with Gasteiger partial charge in [-0.25, -0.2) is 13.6 Å². The smallest absolute Gasteiger partial charge is 0.410 e. The molecule has 0 saturated carbocycles. The first kappa shape index (κ1) is 27.0. The number of aliphatic hydroxyl groups is 1. The molecule has 1 aromatic carbocycles. The molecule has 0 aliphatic carbocycles. The summed E-state index contributed by atoms with van der Waals surface area (Å²) < 4.78 is 34.0. The Hall–Kier alpha value is -3.07. The zero-order valence-corrected chi connectivity index (χ0v) is 21.9. The van der Waals surface area contributed by atoms with Gasteiger partial charge in [-0.3, -0.25) is 9.78 Å². The van der Waals surface area contributed by atoms with Crippen LogP contribution in [0.15, 0.2) is 42.6 Å². The number of carbonyl (C=O) groups excluding carboxylic acids is 2. The predicted octanol–water partition coefficient (Wildman–Crippen LogP) is 4.31. The van der Waals surface area contributed by atoms with Crippen LogP contribution in [-0.4, -0.2) is 63.7 Å². The van der Waals surface area contributed by atoms with Gasteiger partial charge >= 0.3 is 6.09 Å². The molecular formula is C28H35F2N3O4. The van der Waals surface area contributed by atoms with Crippen molar-refractivity contribution in [3.63, 3.8) is 0 Å². The fraction of sp³-hybridized carbons (Fsp3) is 0.536. The largest absolute Gasteiger partial charge is 0.444 e. The van der Waals surface area contributed by atoms with E-state index in [0.717, 1.165) is 12.1 Å². The Morgan fingerprint density at radius 2 is 1.70 bits per heavy atom. The van der Waals surface area contributed by atoms with Crippen molar-refractivity contribution in [3.8, 4) is 0 Å². The molecule has 200 valence electrons. The SMILES string of the molecule is C[C@@H]1CN(C(=O)[C@@H]2CN(C(=O)OC(C)(C)C)C[C@H]2c2ccc(F)cc2F)C[C@H](C)[C@@]1(O)c1ccccn1. The van der Waals surface area contributed by atoms with E-state index in [-0.39, 0.29) is 49.5 Å². The third-order valence-electron chi connectivity index (χ3n) is 7.53. The van der Waals surface area contributed by atoms with E-state index in [1.807, 2.05) is 19.9 Å². The molecule has 7 nitrogen and oxygen atoms in total. The lowest BCUT2D eigenvalue weighted by atomic mass is 9.72. The van der Waals surface area contributed by atoms with E-state index in [1.54, 1.807) is 44.0 Å². The van der Waals surface area contributed by atoms with Crippen molar-refractivity contribution in [2.45, 2.75) is 51.7 Å². The van der Waals surface area contributed by atoms with Gasteiger partial charge in [0.25, 0.3) is 0 Å². The molecule has 0 radical (unpaired) electrons. The third-order valence-corrected chi connectivity index (χ3v) is 7.53. The van der Waals surface area contributed by atoms with E-state index in [0.29, 0.717) is 5.69 Å². The zero-order valence-electron chi connectivity index (χ0n) is 21.9. The van der Waals surface area contributed by atoms with Crippen molar-refractivity contribution in [3.05, 3.63) is 65.5 Å². The Morgan fingerprint density at radius 3 is 2.27 bits per heavy atom. The second kappa shape index (κ2) is 10.0. The molecule has 1 N–H and O–H groups in total. The van der Waals surface area contributed by atoms with Crippen LogP contribution >= 0.6 is 0 Å². The minimum absolute atomic E-state index is 0.0546. The van der Waals surface area contributed by atoms with Gasteiger partial charge in [-0.15, -0.1) is 0 Å². The maximum absolute atomic E-state index is 14.9. The second-order valence-electron chi connectivity index (χ2n) is 11.3. The predicted molar refractivity (Wildman–Crippen MR) is 133 cm³/mol. The number of aromatic nitrogens is 1. The van der Waals surface area contributed by atoms with E-state index in [1.165, 1.54) is 11.0 Å². The number of rotatable bonds is 3. The fourth-order valence-electron chi connectivity index (χ4n) is 5.67. The number of hydrogen-bond acceptors (Lipinski definition) is 5. The minimum atomic E-state index is -1.21. The van der Waals surface area contributed by atoms with Crippen LogP contribution in [0, 0.1) is 29.4 Å². The normalized spacial score (nSPS) is 28.3. The number of nitrogens with zero attached hydrogens (tertiary/aromatic N) is 3. The second-order valence-corrected chi connectivity index (χ2v) is 11.3. The van der Waals surface area contributed by atoms with Crippen LogP contribution < -0.4 is 0 Å². The van der Waals surface area contributed by atoms with Gasteiger partial charge in [0.1, 0.15) is 22.8 Å². The maximum atomic E-state index is 14.9. The van der Waals surface area contributed by atoms with E-state index in [2.05, 4.69) is 4.98 Å². The lowest BCUT2D eigenvalue weighted by Crippen LogP contribution is -2.57. The van der Waals surface area contributed by atoms with E-state index < -0.39 is 40.8 Å². The van der Waals surface area contributed by atoms with Crippen LogP contribution in [-0.2, 0) is 15.1 Å². The van der Waals surface area contributed by atoms with Gasteiger partial charge in [0.15, 0.2) is 0 Å². The number of ether oxygens (including phenoxy) is 1. The van der Waals surface area contributed by atoms with Crippen LogP contribution in [0.2, 0.25) is 0 Å². The topological polar surface area (TPSA) is 83.0 Å². The average molecular weight is 516 g/mol. The van der Waals surface area contributed by atoms with E-state index >= 15 is 0 Å². The summed E-state index contributed by atoms with van der Waals surface area (Å²) >= 11 is 0. The van der Waals surface area contributed by atoms with Crippen molar-refractivity contribution in [2.75, 3.05) is 26.2 Å². The molecule has 0 spiro atoms. The van der Waals surface area contributed by atoms with Crippen LogP contribution in [0.3, 0.4) is 0 Å². The molecule has 2 fully saturated rings. The Balaban J connectivity index is 1.60. The molecule has 0 unspecified atom stereocenters. The monoisotopic (exact) mass is 515 g/mol. The number of likely N-dealkylation sites (tertiary alicyclic amines) is 2. The molecule has 2 aliphatic heterocycles. The lowest BCUT2D eigenvalue weighted by Gasteiger charge is -2.48. The first-order valence-electron chi connectivity index (χ1n) is 12.7. The molecule has 9 heteroatoms. The summed E-state index contributed by atoms with van der Waals surface area (Å²) in [4.78, 5) is 34.2. The summed E-state index contributed by atoms with van der Waals surface area (Å²) in [6.45, 7) is 9.69. The molecule has 2 saturated heterocycles. The number of hydrogen-bond donors (Lipinski definition) is 1. The highest BCUT2D eigenvalue weighted by Gasteiger charge is 2.50. The highest BCUT2D eigenvalue weighted by Crippen LogP contribution is 2.42. The van der Waals surface area contributed by atoms with Gasteiger partial charge in [0.2, 0.25) is 5.91 Å². The fourth-order valence-corrected chi connectivity index (χ4v) is 5.67. The van der Waals surface area contributed by atoms with Crippen LogP contribution in [0.25, 0.3) is 0 Å². The number of benzene rings is 1. The molecule has 2 amide bonds. The molecule has 4 rings (SSSR count). The van der Waals surface area contributed by atoms with Gasteiger partial charge in [-0.2, -0.15) is 0 Å². The van der Waals surface area contributed by atoms with Crippen molar-refractivity contribution in [1.82, 2.24) is 14.8 Å². The molecule has 5 atom stereocenters. The molecule has 2 aromatic rings. The van der Waals surface area contributed by atoms with Crippen LogP contribution in [0.5, 0.6) is 0 Å². The molecule has 1 aromatic heterocycles. The first-order valence-corrected chi connectivity index (χ1v) is 12.7. The van der Waals surface area contributed by atoms with E-state index in [9.17, 15) is 23.5 Å². The van der Waals surface area contributed by atoms with Gasteiger partial charge in [-0.1, -0.05) is 26.0 Å². The third kappa shape index (κ3) is 5.32. The van der Waals surface area contributed by atoms with Crippen LogP contribution in [0.1, 0.15) is 51.8 Å². The Kier molecular flexibility index (Phi) is 7.29. The highest BCUT2D eigenvalue weighted by atomic mass is 19.1. The van der Waals surface area contributed by atoms with Gasteiger partial charge < -0.3 is 19.6 Å². The Labute approximate surface area is 216 Å². The van der Waals surface area contributed by atoms with Crippen LogP contribution in [0.4, 0.5) is 13.6 Å². The van der Waals surface area contributed by atoms with E-state index in [4.69, 9.17) is 4.74 Å². The molecule has 0 bridgehead atoms. The minimum Gasteiger partial charge on any atom is -0.444 e. The van der Waals surface area contributed by atoms with Gasteiger partial charge in [-0.05, 0) is 44.5 Å². The first-order chi connectivity index (χ1) is 17.3. The summed E-state index contributed by atoms with van der Waals surface area (Å²) in [7, 11) is 0. The van der Waals surface area contributed by atoms with Gasteiger partial charge in [0, 0.05) is 56.2 Å². The lowest BCUT2D eigenvalue weighted by molar-refractivity contribution is -0.153. The summed E-state index contributed by atoms with van der Waals surface area (Å²) in [5.41, 5.74) is -1.19. The number of pyridine rings is 1. The summed E-state index contributed by atoms with van der Waals surface area (Å²) in [6, 6.07) is 8.69. The molecule has 3 heterocycles. The van der Waals surface area contributed by atoms with Crippen molar-refractivity contribution < 1.29 is 28.2 Å². The van der Waals surface area contributed by atoms with Crippen molar-refractivity contribution in [1.29, 1.82) is 0 Å². The standard InChI is InChI=1S/C28H35F2N3O4/c1-17-13-32(14-18(2)28(17,36)24-8-6-7-11-31-24)25(34)22-16-33(26(35)37-27(3,4)5)15-21(22)20-10-9-19(29)12-23(20)30/h6-12,17-18,21-22,36H,13-16H2,1-5H3/t17-,18+,21-,22+,28-/m0/s1. The Bertz CT molecular complexity index is 1140. The number of halogens is 2. The summed E-state index contributed by atoms with van der Waals surface area (Å²) in [6.07, 6.45) is 1.05. The highest BCUT2D eigenvalue weighted by molar-refractivity contribution is 5.82. The average Bonchev–Trinajstić information content (AvgIpc) is 3.26.